The minimum atomic E-state index is 0.667. The molecule has 0 fully saturated rings. The zero-order valence-electron chi connectivity index (χ0n) is 7.67. The molecule has 0 N–H and O–H groups in total. The van der Waals surface area contributed by atoms with Crippen molar-refractivity contribution in [2.24, 2.45) is 0 Å². The molecular formula is C9H15NO2. The average molecular weight is 169 g/mol. The molecule has 12 heavy (non-hydrogen) atoms. The first-order valence-corrected chi connectivity index (χ1v) is 3.73. The quantitative estimate of drug-likeness (QED) is 0.649. The summed E-state index contributed by atoms with van der Waals surface area (Å²) in [6.07, 6.45) is 2.47. The van der Waals surface area contributed by atoms with Gasteiger partial charge in [-0.05, 0) is 6.92 Å². The Morgan fingerprint density at radius 1 is 1.58 bits per heavy atom. The first kappa shape index (κ1) is 10.9. The second kappa shape index (κ2) is 6.61. The third kappa shape index (κ3) is 3.93. The Balaban J connectivity index is 0.000000561. The van der Waals surface area contributed by atoms with E-state index in [4.69, 9.17) is 9.15 Å². The molecule has 0 amide bonds. The second-order valence-corrected chi connectivity index (χ2v) is 2.11. The highest BCUT2D eigenvalue weighted by molar-refractivity contribution is 4.90. The lowest BCUT2D eigenvalue weighted by molar-refractivity contribution is 0.195. The van der Waals surface area contributed by atoms with Crippen LogP contribution in [0.2, 0.25) is 0 Å². The molecule has 0 aliphatic rings. The lowest BCUT2D eigenvalue weighted by Gasteiger charge is -1.91. The minimum Gasteiger partial charge on any atom is -0.446 e. The SMILES string of the molecule is C=C.COCCc1ncc(C)o1. The van der Waals surface area contributed by atoms with E-state index in [1.165, 1.54) is 0 Å². The molecule has 0 radical (unpaired) electrons. The molecule has 1 rings (SSSR count). The Morgan fingerprint density at radius 3 is 2.67 bits per heavy atom. The van der Waals surface area contributed by atoms with Crippen molar-refractivity contribution in [1.82, 2.24) is 4.98 Å². The summed E-state index contributed by atoms with van der Waals surface area (Å²) in [6, 6.07) is 0. The van der Waals surface area contributed by atoms with Gasteiger partial charge in [-0.1, -0.05) is 0 Å². The van der Waals surface area contributed by atoms with Gasteiger partial charge in [-0.3, -0.25) is 0 Å². The largest absolute Gasteiger partial charge is 0.446 e. The van der Waals surface area contributed by atoms with Crippen molar-refractivity contribution in [1.29, 1.82) is 0 Å². The molecule has 0 aliphatic carbocycles. The fourth-order valence-electron chi connectivity index (χ4n) is 0.706. The first-order chi connectivity index (χ1) is 5.83. The predicted molar refractivity (Wildman–Crippen MR) is 48.1 cm³/mol. The molecule has 3 nitrogen and oxygen atoms in total. The van der Waals surface area contributed by atoms with E-state index < -0.39 is 0 Å². The normalized spacial score (nSPS) is 8.83. The molecule has 0 saturated heterocycles. The Labute approximate surface area is 73.1 Å². The highest BCUT2D eigenvalue weighted by Gasteiger charge is 1.97. The van der Waals surface area contributed by atoms with Crippen LogP contribution in [-0.2, 0) is 11.2 Å². The van der Waals surface area contributed by atoms with Gasteiger partial charge < -0.3 is 9.15 Å². The molecule has 0 saturated carbocycles. The summed E-state index contributed by atoms with van der Waals surface area (Å²) in [4.78, 5) is 4.01. The van der Waals surface area contributed by atoms with E-state index in [0.717, 1.165) is 18.1 Å². The molecule has 0 aliphatic heterocycles. The van der Waals surface area contributed by atoms with Crippen molar-refractivity contribution in [3.8, 4) is 0 Å². The minimum absolute atomic E-state index is 0.667. The summed E-state index contributed by atoms with van der Waals surface area (Å²) >= 11 is 0. The van der Waals surface area contributed by atoms with E-state index in [-0.39, 0.29) is 0 Å². The zero-order valence-corrected chi connectivity index (χ0v) is 7.67. The average Bonchev–Trinajstić information content (AvgIpc) is 2.51. The van der Waals surface area contributed by atoms with Gasteiger partial charge in [-0.25, -0.2) is 4.98 Å². The van der Waals surface area contributed by atoms with Crippen LogP contribution in [0, 0.1) is 6.92 Å². The van der Waals surface area contributed by atoms with E-state index in [9.17, 15) is 0 Å². The number of oxazole rings is 1. The molecule has 1 aromatic rings. The number of aromatic nitrogens is 1. The highest BCUT2D eigenvalue weighted by atomic mass is 16.5. The number of ether oxygens (including phenoxy) is 1. The fraction of sp³-hybridized carbons (Fsp3) is 0.444. The lowest BCUT2D eigenvalue weighted by Crippen LogP contribution is -1.93. The van der Waals surface area contributed by atoms with Crippen molar-refractivity contribution in [2.45, 2.75) is 13.3 Å². The summed E-state index contributed by atoms with van der Waals surface area (Å²) in [7, 11) is 1.66. The van der Waals surface area contributed by atoms with Crippen molar-refractivity contribution in [2.75, 3.05) is 13.7 Å². The van der Waals surface area contributed by atoms with E-state index >= 15 is 0 Å². The third-order valence-corrected chi connectivity index (χ3v) is 1.19. The standard InChI is InChI=1S/C7H11NO2.C2H4/c1-6-5-8-7(10-6)3-4-9-2;1-2/h5H,3-4H2,1-2H3;1-2H2. The maximum absolute atomic E-state index is 5.19. The van der Waals surface area contributed by atoms with E-state index in [1.54, 1.807) is 13.3 Å². The van der Waals surface area contributed by atoms with Crippen molar-refractivity contribution in [3.63, 3.8) is 0 Å². The van der Waals surface area contributed by atoms with Crippen LogP contribution in [0.1, 0.15) is 11.7 Å². The van der Waals surface area contributed by atoms with Crippen molar-refractivity contribution >= 4 is 0 Å². The van der Waals surface area contributed by atoms with Crippen LogP contribution in [0.5, 0.6) is 0 Å². The molecular weight excluding hydrogens is 154 g/mol. The number of aryl methyl sites for hydroxylation is 1. The van der Waals surface area contributed by atoms with Gasteiger partial charge in [-0.2, -0.15) is 0 Å². The van der Waals surface area contributed by atoms with Gasteiger partial charge in [0.05, 0.1) is 12.8 Å². The molecule has 68 valence electrons. The van der Waals surface area contributed by atoms with Crippen LogP contribution >= 0.6 is 0 Å². The zero-order chi connectivity index (χ0) is 9.40. The topological polar surface area (TPSA) is 35.3 Å². The van der Waals surface area contributed by atoms with Gasteiger partial charge in [0, 0.05) is 13.5 Å². The van der Waals surface area contributed by atoms with Gasteiger partial charge in [0.15, 0.2) is 5.89 Å². The third-order valence-electron chi connectivity index (χ3n) is 1.19. The number of rotatable bonds is 3. The van der Waals surface area contributed by atoms with Gasteiger partial charge in [0.1, 0.15) is 5.76 Å². The van der Waals surface area contributed by atoms with Gasteiger partial charge >= 0.3 is 0 Å². The smallest absolute Gasteiger partial charge is 0.196 e. The summed E-state index contributed by atoms with van der Waals surface area (Å²) in [5.41, 5.74) is 0. The summed E-state index contributed by atoms with van der Waals surface area (Å²) < 4.78 is 10.0. The Morgan fingerprint density at radius 2 is 2.25 bits per heavy atom. The Bertz CT molecular complexity index is 208. The summed E-state index contributed by atoms with van der Waals surface area (Å²) in [6.45, 7) is 8.54. The number of hydrogen-bond donors (Lipinski definition) is 0. The predicted octanol–water partition coefficient (Wildman–Crippen LogP) is 1.97. The highest BCUT2D eigenvalue weighted by Crippen LogP contribution is 2.01. The van der Waals surface area contributed by atoms with Crippen LogP contribution in [0.25, 0.3) is 0 Å². The maximum Gasteiger partial charge on any atom is 0.196 e. The molecule has 1 heterocycles. The van der Waals surface area contributed by atoms with Gasteiger partial charge in [0.2, 0.25) is 0 Å². The van der Waals surface area contributed by atoms with Crippen LogP contribution < -0.4 is 0 Å². The Kier molecular flexibility index (Phi) is 6.01. The number of methoxy groups -OCH3 is 1. The molecule has 0 spiro atoms. The van der Waals surface area contributed by atoms with Crippen molar-refractivity contribution in [3.05, 3.63) is 31.0 Å². The summed E-state index contributed by atoms with van der Waals surface area (Å²) in [5.74, 6) is 1.60. The van der Waals surface area contributed by atoms with Gasteiger partial charge in [-0.15, -0.1) is 13.2 Å². The summed E-state index contributed by atoms with van der Waals surface area (Å²) in [5, 5.41) is 0. The van der Waals surface area contributed by atoms with Crippen LogP contribution in [0.15, 0.2) is 23.8 Å². The molecule has 0 bridgehead atoms. The molecule has 3 heteroatoms. The Hall–Kier alpha value is -1.09. The second-order valence-electron chi connectivity index (χ2n) is 2.11. The first-order valence-electron chi connectivity index (χ1n) is 3.73. The van der Waals surface area contributed by atoms with Gasteiger partial charge in [0.25, 0.3) is 0 Å². The van der Waals surface area contributed by atoms with E-state index in [1.807, 2.05) is 6.92 Å². The lowest BCUT2D eigenvalue weighted by atomic mass is 10.5. The molecule has 0 atom stereocenters. The number of hydrogen-bond acceptors (Lipinski definition) is 3. The molecule has 0 unspecified atom stereocenters. The van der Waals surface area contributed by atoms with Crippen LogP contribution in [0.4, 0.5) is 0 Å². The fourth-order valence-corrected chi connectivity index (χ4v) is 0.706. The maximum atomic E-state index is 5.19. The van der Waals surface area contributed by atoms with Crippen LogP contribution in [0.3, 0.4) is 0 Å². The number of nitrogens with zero attached hydrogens (tertiary/aromatic N) is 1. The monoisotopic (exact) mass is 169 g/mol. The van der Waals surface area contributed by atoms with E-state index in [2.05, 4.69) is 18.1 Å². The molecule has 1 aromatic heterocycles. The van der Waals surface area contributed by atoms with E-state index in [0.29, 0.717) is 6.61 Å². The van der Waals surface area contributed by atoms with Crippen molar-refractivity contribution < 1.29 is 9.15 Å². The molecule has 0 aromatic carbocycles. The van der Waals surface area contributed by atoms with Crippen LogP contribution in [-0.4, -0.2) is 18.7 Å².